The first kappa shape index (κ1) is 23.6. The Morgan fingerprint density at radius 1 is 0.590 bits per heavy atom. The Labute approximate surface area is 229 Å². The summed E-state index contributed by atoms with van der Waals surface area (Å²) in [5, 5.41) is 6.36. The smallest absolute Gasteiger partial charge is 0.181 e. The van der Waals surface area contributed by atoms with Crippen molar-refractivity contribution >= 4 is 45.8 Å². The molecule has 0 unspecified atom stereocenters. The van der Waals surface area contributed by atoms with Crippen LogP contribution in [0.2, 0.25) is 0 Å². The fourth-order valence-corrected chi connectivity index (χ4v) is 11.4. The number of aryl methyl sites for hydroxylation is 1. The maximum absolute atomic E-state index is 14.4. The molecule has 0 saturated carbocycles. The third-order valence-electron chi connectivity index (χ3n) is 8.08. The molecule has 0 aliphatic heterocycles. The Kier molecular flexibility index (Phi) is 5.87. The molecule has 1 aliphatic carbocycles. The molecule has 0 spiro atoms. The Morgan fingerprint density at radius 3 is 1.82 bits per heavy atom. The van der Waals surface area contributed by atoms with Gasteiger partial charge >= 0.3 is 0 Å². The first-order chi connectivity index (χ1) is 19.3. The SMILES string of the molecule is Fc1ccc([Si](c2ccccc2)(c2ccccc2)c2cccc3c4c(n(-c5ccccc5)c23)C=CCC4)cc1. The van der Waals surface area contributed by atoms with Gasteiger partial charge in [0, 0.05) is 16.8 Å². The Morgan fingerprint density at radius 2 is 1.18 bits per heavy atom. The average molecular weight is 522 g/mol. The van der Waals surface area contributed by atoms with Gasteiger partial charge < -0.3 is 4.57 Å². The van der Waals surface area contributed by atoms with E-state index in [0.29, 0.717) is 0 Å². The van der Waals surface area contributed by atoms with E-state index in [1.54, 1.807) is 12.1 Å². The number of fused-ring (bicyclic) bond motifs is 3. The Hall–Kier alpha value is -4.47. The quantitative estimate of drug-likeness (QED) is 0.191. The number of hydrogen-bond donors (Lipinski definition) is 0. The molecule has 7 rings (SSSR count). The van der Waals surface area contributed by atoms with Crippen LogP contribution in [0.1, 0.15) is 17.7 Å². The standard InChI is InChI=1S/C36H28FNSi/c37-27-23-25-31(26-24-27)39(29-15-6-2-7-16-29,30-17-8-3-9-18-30)35-22-12-20-33-32-19-10-11-21-34(32)38(36(33)35)28-13-4-1-5-14-28/h1-9,11-18,20-26H,10,19H2. The lowest BCUT2D eigenvalue weighted by atomic mass is 10.0. The number of rotatable bonds is 5. The van der Waals surface area contributed by atoms with E-state index < -0.39 is 8.07 Å². The zero-order valence-electron chi connectivity index (χ0n) is 21.6. The summed E-state index contributed by atoms with van der Waals surface area (Å²) in [5.41, 5.74) is 5.08. The third-order valence-corrected chi connectivity index (χ3v) is 12.9. The normalized spacial score (nSPS) is 12.9. The van der Waals surface area contributed by atoms with E-state index in [0.717, 1.165) is 18.5 Å². The number of para-hydroxylation sites is 2. The fourth-order valence-electron chi connectivity index (χ4n) is 6.47. The van der Waals surface area contributed by atoms with Gasteiger partial charge in [0.25, 0.3) is 0 Å². The van der Waals surface area contributed by atoms with Crippen molar-refractivity contribution in [2.24, 2.45) is 0 Å². The average Bonchev–Trinajstić information content (AvgIpc) is 3.35. The molecule has 0 radical (unpaired) electrons. The maximum Gasteiger partial charge on any atom is 0.181 e. The van der Waals surface area contributed by atoms with Gasteiger partial charge in [-0.2, -0.15) is 0 Å². The zero-order valence-corrected chi connectivity index (χ0v) is 22.6. The molecular weight excluding hydrogens is 493 g/mol. The summed E-state index contributed by atoms with van der Waals surface area (Å²) >= 11 is 0. The largest absolute Gasteiger partial charge is 0.310 e. The molecule has 0 amide bonds. The van der Waals surface area contributed by atoms with Crippen molar-refractivity contribution in [1.29, 1.82) is 0 Å². The van der Waals surface area contributed by atoms with Crippen LogP contribution >= 0.6 is 0 Å². The molecule has 1 aliphatic rings. The van der Waals surface area contributed by atoms with Gasteiger partial charge in [0.15, 0.2) is 8.07 Å². The molecule has 0 fully saturated rings. The van der Waals surface area contributed by atoms with Crippen molar-refractivity contribution in [3.63, 3.8) is 0 Å². The van der Waals surface area contributed by atoms with Gasteiger partial charge in [-0.05, 0) is 69.5 Å². The second-order valence-corrected chi connectivity index (χ2v) is 13.9. The molecular formula is C36H28FNSi. The molecule has 1 nitrogen and oxygen atoms in total. The van der Waals surface area contributed by atoms with Crippen molar-refractivity contribution < 1.29 is 4.39 Å². The van der Waals surface area contributed by atoms with Gasteiger partial charge in [-0.25, -0.2) is 4.39 Å². The van der Waals surface area contributed by atoms with Gasteiger partial charge in [0.05, 0.1) is 5.52 Å². The summed E-state index contributed by atoms with van der Waals surface area (Å²) in [6.45, 7) is 0. The first-order valence-electron chi connectivity index (χ1n) is 13.5. The minimum atomic E-state index is -2.88. The van der Waals surface area contributed by atoms with Gasteiger partial charge in [0.2, 0.25) is 0 Å². The monoisotopic (exact) mass is 521 g/mol. The highest BCUT2D eigenvalue weighted by Crippen LogP contribution is 2.34. The van der Waals surface area contributed by atoms with E-state index in [4.69, 9.17) is 0 Å². The highest BCUT2D eigenvalue weighted by Gasteiger charge is 2.43. The van der Waals surface area contributed by atoms with E-state index in [1.807, 2.05) is 12.1 Å². The molecule has 188 valence electrons. The molecule has 5 aromatic carbocycles. The van der Waals surface area contributed by atoms with Gasteiger partial charge in [-0.1, -0.05) is 115 Å². The molecule has 0 saturated heterocycles. The molecule has 1 heterocycles. The number of benzene rings is 5. The number of halogens is 1. The summed E-state index contributed by atoms with van der Waals surface area (Å²) in [4.78, 5) is 0. The molecule has 6 aromatic rings. The Bertz CT molecular complexity index is 1750. The Balaban J connectivity index is 1.70. The van der Waals surface area contributed by atoms with E-state index >= 15 is 0 Å². The van der Waals surface area contributed by atoms with E-state index in [9.17, 15) is 4.39 Å². The summed E-state index contributed by atoms with van der Waals surface area (Å²) in [7, 11) is -2.88. The van der Waals surface area contributed by atoms with Crippen molar-refractivity contribution in [3.8, 4) is 5.69 Å². The lowest BCUT2D eigenvalue weighted by Gasteiger charge is -2.35. The van der Waals surface area contributed by atoms with Crippen LogP contribution in [0, 0.1) is 5.82 Å². The van der Waals surface area contributed by atoms with Gasteiger partial charge in [0.1, 0.15) is 5.82 Å². The van der Waals surface area contributed by atoms with Gasteiger partial charge in [-0.3, -0.25) is 0 Å². The second-order valence-electron chi connectivity index (χ2n) is 10.2. The maximum atomic E-state index is 14.4. The molecule has 3 heteroatoms. The number of nitrogens with zero attached hydrogens (tertiary/aromatic N) is 1. The van der Waals surface area contributed by atoms with Crippen LogP contribution in [0.3, 0.4) is 0 Å². The van der Waals surface area contributed by atoms with Gasteiger partial charge in [-0.15, -0.1) is 0 Å². The predicted molar refractivity (Wildman–Crippen MR) is 164 cm³/mol. The predicted octanol–water partition coefficient (Wildman–Crippen LogP) is 6.11. The lowest BCUT2D eigenvalue weighted by molar-refractivity contribution is 0.628. The fraction of sp³-hybridized carbons (Fsp3) is 0.0556. The summed E-state index contributed by atoms with van der Waals surface area (Å²) < 4.78 is 16.8. The minimum Gasteiger partial charge on any atom is -0.310 e. The molecule has 0 atom stereocenters. The number of aromatic nitrogens is 1. The van der Waals surface area contributed by atoms with Crippen molar-refractivity contribution in [2.45, 2.75) is 12.8 Å². The van der Waals surface area contributed by atoms with Crippen LogP contribution in [0.15, 0.2) is 140 Å². The van der Waals surface area contributed by atoms with Crippen LogP contribution < -0.4 is 20.7 Å². The van der Waals surface area contributed by atoms with Crippen molar-refractivity contribution in [3.05, 3.63) is 157 Å². The summed E-state index contributed by atoms with van der Waals surface area (Å²) in [6, 6.07) is 46.5. The van der Waals surface area contributed by atoms with E-state index in [2.05, 4.69) is 126 Å². The highest BCUT2D eigenvalue weighted by molar-refractivity contribution is 7.20. The highest BCUT2D eigenvalue weighted by atomic mass is 28.3. The summed E-state index contributed by atoms with van der Waals surface area (Å²) in [6.07, 6.45) is 6.65. The van der Waals surface area contributed by atoms with Crippen molar-refractivity contribution in [1.82, 2.24) is 4.57 Å². The van der Waals surface area contributed by atoms with Crippen LogP contribution in [0.25, 0.3) is 22.7 Å². The molecule has 39 heavy (non-hydrogen) atoms. The molecule has 1 aromatic heterocycles. The second kappa shape index (κ2) is 9.68. The minimum absolute atomic E-state index is 0.214. The van der Waals surface area contributed by atoms with Crippen molar-refractivity contribution in [2.75, 3.05) is 0 Å². The first-order valence-corrected chi connectivity index (χ1v) is 15.5. The van der Waals surface area contributed by atoms with Crippen LogP contribution in [0.5, 0.6) is 0 Å². The topological polar surface area (TPSA) is 4.93 Å². The van der Waals surface area contributed by atoms with Crippen LogP contribution in [0.4, 0.5) is 4.39 Å². The molecule has 0 N–H and O–H groups in total. The van der Waals surface area contributed by atoms with E-state index in [1.165, 1.54) is 42.9 Å². The third kappa shape index (κ3) is 3.73. The lowest BCUT2D eigenvalue weighted by Crippen LogP contribution is -2.75. The number of hydrogen-bond acceptors (Lipinski definition) is 0. The number of allylic oxidation sites excluding steroid dienone is 1. The summed E-state index contributed by atoms with van der Waals surface area (Å²) in [5.74, 6) is -0.214. The zero-order chi connectivity index (χ0) is 26.2. The van der Waals surface area contributed by atoms with Crippen LogP contribution in [-0.4, -0.2) is 12.6 Å². The van der Waals surface area contributed by atoms with Crippen LogP contribution in [-0.2, 0) is 6.42 Å². The molecule has 0 bridgehead atoms. The van der Waals surface area contributed by atoms with E-state index in [-0.39, 0.29) is 5.82 Å².